The first-order chi connectivity index (χ1) is 7.28. The van der Waals surface area contributed by atoms with Crippen LogP contribution in [0.15, 0.2) is 0 Å². The fourth-order valence-corrected chi connectivity index (χ4v) is 2.60. The molecule has 88 valence electrons. The maximum absolute atomic E-state index is 5.69. The Kier molecular flexibility index (Phi) is 3.61. The van der Waals surface area contributed by atoms with Gasteiger partial charge in [-0.05, 0) is 25.4 Å². The topological polar surface area (TPSA) is 47.7 Å². The summed E-state index contributed by atoms with van der Waals surface area (Å²) in [6, 6.07) is 0. The Morgan fingerprint density at radius 2 is 2.47 bits per heavy atom. The average Bonchev–Trinajstić information content (AvgIpc) is 2.88. The third-order valence-corrected chi connectivity index (χ3v) is 3.72. The van der Waals surface area contributed by atoms with Crippen LogP contribution in [0.2, 0.25) is 0 Å². The zero-order valence-electron chi connectivity index (χ0n) is 9.58. The van der Waals surface area contributed by atoms with Gasteiger partial charge in [-0.1, -0.05) is 0 Å². The highest BCUT2D eigenvalue weighted by molar-refractivity contribution is 4.90. The predicted octanol–water partition coefficient (Wildman–Crippen LogP) is 0.0725. The van der Waals surface area contributed by atoms with Gasteiger partial charge in [0, 0.05) is 33.2 Å². The number of methoxy groups -OCH3 is 1. The van der Waals surface area contributed by atoms with Crippen LogP contribution in [0.4, 0.5) is 0 Å². The second-order valence-corrected chi connectivity index (χ2v) is 4.82. The Morgan fingerprint density at radius 3 is 3.00 bits per heavy atom. The monoisotopic (exact) mass is 214 g/mol. The van der Waals surface area contributed by atoms with E-state index < -0.39 is 0 Å². The van der Waals surface area contributed by atoms with Crippen LogP contribution in [0.1, 0.15) is 12.8 Å². The molecule has 2 aliphatic rings. The van der Waals surface area contributed by atoms with Crippen molar-refractivity contribution in [3.8, 4) is 0 Å². The van der Waals surface area contributed by atoms with E-state index in [1.165, 1.54) is 6.42 Å². The summed E-state index contributed by atoms with van der Waals surface area (Å²) in [6.07, 6.45) is 2.25. The normalized spacial score (nSPS) is 37.6. The van der Waals surface area contributed by atoms with E-state index in [4.69, 9.17) is 15.2 Å². The molecular formula is C11H22N2O2. The summed E-state index contributed by atoms with van der Waals surface area (Å²) < 4.78 is 11.1. The van der Waals surface area contributed by atoms with Gasteiger partial charge in [0.2, 0.25) is 0 Å². The van der Waals surface area contributed by atoms with Crippen molar-refractivity contribution < 1.29 is 9.47 Å². The van der Waals surface area contributed by atoms with Crippen LogP contribution in [0, 0.1) is 5.92 Å². The molecule has 2 heterocycles. The van der Waals surface area contributed by atoms with Crippen LogP contribution in [-0.4, -0.2) is 57.0 Å². The first-order valence-corrected chi connectivity index (χ1v) is 5.83. The first-order valence-electron chi connectivity index (χ1n) is 5.83. The molecule has 2 N–H and O–H groups in total. The van der Waals surface area contributed by atoms with E-state index in [1.807, 2.05) is 0 Å². The smallest absolute Gasteiger partial charge is 0.106 e. The van der Waals surface area contributed by atoms with Gasteiger partial charge in [0.1, 0.15) is 5.60 Å². The van der Waals surface area contributed by atoms with Crippen LogP contribution in [-0.2, 0) is 9.47 Å². The first kappa shape index (κ1) is 11.3. The number of nitrogens with zero attached hydrogens (tertiary/aromatic N) is 1. The van der Waals surface area contributed by atoms with Gasteiger partial charge in [0.05, 0.1) is 6.61 Å². The fourth-order valence-electron chi connectivity index (χ4n) is 2.60. The molecule has 0 saturated carbocycles. The zero-order chi connectivity index (χ0) is 10.7. The van der Waals surface area contributed by atoms with Crippen molar-refractivity contribution >= 4 is 0 Å². The molecule has 2 aliphatic heterocycles. The molecule has 2 atom stereocenters. The number of likely N-dealkylation sites (tertiary alicyclic amines) is 1. The second kappa shape index (κ2) is 4.78. The SMILES string of the molecule is COC1(CN2CCC(CN)C2)CCOC1. The van der Waals surface area contributed by atoms with Crippen molar-refractivity contribution in [3.05, 3.63) is 0 Å². The molecule has 0 aromatic heterocycles. The molecule has 15 heavy (non-hydrogen) atoms. The molecule has 0 amide bonds. The summed E-state index contributed by atoms with van der Waals surface area (Å²) in [5.74, 6) is 0.682. The van der Waals surface area contributed by atoms with Gasteiger partial charge in [-0.2, -0.15) is 0 Å². The van der Waals surface area contributed by atoms with Crippen LogP contribution in [0.25, 0.3) is 0 Å². The number of hydrogen-bond donors (Lipinski definition) is 1. The largest absolute Gasteiger partial charge is 0.378 e. The molecule has 2 saturated heterocycles. The average molecular weight is 214 g/mol. The summed E-state index contributed by atoms with van der Waals surface area (Å²) in [5, 5.41) is 0. The van der Waals surface area contributed by atoms with Crippen LogP contribution in [0.5, 0.6) is 0 Å². The highest BCUT2D eigenvalue weighted by atomic mass is 16.5. The molecule has 4 heteroatoms. The van der Waals surface area contributed by atoms with Gasteiger partial charge < -0.3 is 20.1 Å². The number of rotatable bonds is 4. The molecule has 2 unspecified atom stereocenters. The lowest BCUT2D eigenvalue weighted by atomic mass is 10.0. The molecular weight excluding hydrogens is 192 g/mol. The Bertz CT molecular complexity index is 205. The van der Waals surface area contributed by atoms with Crippen molar-refractivity contribution in [1.82, 2.24) is 4.90 Å². The Labute approximate surface area is 91.7 Å². The Balaban J connectivity index is 1.85. The van der Waals surface area contributed by atoms with Crippen LogP contribution >= 0.6 is 0 Å². The van der Waals surface area contributed by atoms with Crippen molar-refractivity contribution in [2.24, 2.45) is 11.7 Å². The van der Waals surface area contributed by atoms with E-state index in [1.54, 1.807) is 7.11 Å². The lowest BCUT2D eigenvalue weighted by Crippen LogP contribution is -2.44. The lowest BCUT2D eigenvalue weighted by Gasteiger charge is -2.30. The minimum absolute atomic E-state index is 0.0521. The maximum atomic E-state index is 5.69. The van der Waals surface area contributed by atoms with Gasteiger partial charge in [-0.15, -0.1) is 0 Å². The highest BCUT2D eigenvalue weighted by Crippen LogP contribution is 2.26. The number of nitrogens with two attached hydrogens (primary N) is 1. The summed E-state index contributed by atoms with van der Waals surface area (Å²) in [5.41, 5.74) is 5.63. The molecule has 4 nitrogen and oxygen atoms in total. The van der Waals surface area contributed by atoms with E-state index in [0.717, 1.165) is 45.8 Å². The van der Waals surface area contributed by atoms with Crippen LogP contribution < -0.4 is 5.73 Å². The molecule has 0 radical (unpaired) electrons. The Hall–Kier alpha value is -0.160. The molecule has 0 aromatic carbocycles. The summed E-state index contributed by atoms with van der Waals surface area (Å²) in [6.45, 7) is 5.68. The quantitative estimate of drug-likeness (QED) is 0.719. The molecule has 2 rings (SSSR count). The maximum Gasteiger partial charge on any atom is 0.106 e. The summed E-state index contributed by atoms with van der Waals surface area (Å²) in [4.78, 5) is 2.47. The van der Waals surface area contributed by atoms with Crippen LogP contribution in [0.3, 0.4) is 0 Å². The minimum Gasteiger partial charge on any atom is -0.378 e. The third kappa shape index (κ3) is 2.50. The zero-order valence-corrected chi connectivity index (χ0v) is 9.58. The van der Waals surface area contributed by atoms with Gasteiger partial charge in [-0.3, -0.25) is 0 Å². The molecule has 0 aromatic rings. The van der Waals surface area contributed by atoms with Gasteiger partial charge in [0.25, 0.3) is 0 Å². The van der Waals surface area contributed by atoms with E-state index in [-0.39, 0.29) is 5.60 Å². The van der Waals surface area contributed by atoms with Crippen molar-refractivity contribution in [1.29, 1.82) is 0 Å². The summed E-state index contributed by atoms with van der Waals surface area (Å²) in [7, 11) is 1.80. The summed E-state index contributed by atoms with van der Waals surface area (Å²) >= 11 is 0. The standard InChI is InChI=1S/C11H22N2O2/c1-14-11(3-5-15-9-11)8-13-4-2-10(6-12)7-13/h10H,2-9,12H2,1H3. The second-order valence-electron chi connectivity index (χ2n) is 4.82. The molecule has 0 aliphatic carbocycles. The number of ether oxygens (including phenoxy) is 2. The third-order valence-electron chi connectivity index (χ3n) is 3.72. The van der Waals surface area contributed by atoms with E-state index in [9.17, 15) is 0 Å². The van der Waals surface area contributed by atoms with Gasteiger partial charge >= 0.3 is 0 Å². The molecule has 0 bridgehead atoms. The minimum atomic E-state index is -0.0521. The molecule has 0 spiro atoms. The van der Waals surface area contributed by atoms with Crippen molar-refractivity contribution in [2.75, 3.05) is 46.5 Å². The van der Waals surface area contributed by atoms with Gasteiger partial charge in [-0.25, -0.2) is 0 Å². The Morgan fingerprint density at radius 1 is 1.60 bits per heavy atom. The van der Waals surface area contributed by atoms with E-state index in [2.05, 4.69) is 4.90 Å². The van der Waals surface area contributed by atoms with E-state index >= 15 is 0 Å². The van der Waals surface area contributed by atoms with E-state index in [0.29, 0.717) is 5.92 Å². The van der Waals surface area contributed by atoms with Gasteiger partial charge in [0.15, 0.2) is 0 Å². The lowest BCUT2D eigenvalue weighted by molar-refractivity contribution is -0.0374. The van der Waals surface area contributed by atoms with Crippen molar-refractivity contribution in [3.63, 3.8) is 0 Å². The highest BCUT2D eigenvalue weighted by Gasteiger charge is 2.38. The fraction of sp³-hybridized carbons (Fsp3) is 1.00. The number of hydrogen-bond acceptors (Lipinski definition) is 4. The predicted molar refractivity (Wildman–Crippen MR) is 58.8 cm³/mol. The molecule has 2 fully saturated rings. The van der Waals surface area contributed by atoms with Crippen molar-refractivity contribution in [2.45, 2.75) is 18.4 Å².